The molecule has 0 spiro atoms. The van der Waals surface area contributed by atoms with Crippen molar-refractivity contribution in [1.82, 2.24) is 0 Å². The SMILES string of the molecule is O=C(O)/C=C1/O[C@H](COCc2ccccc2)[C@@H](OCc2ccccc2)[C@H](OCc2ccccc2)[C@@H]1OCc1ccccc1. The van der Waals surface area contributed by atoms with Gasteiger partial charge in [0.15, 0.2) is 6.10 Å². The lowest BCUT2D eigenvalue weighted by Gasteiger charge is -2.43. The minimum absolute atomic E-state index is 0.155. The Morgan fingerprint density at radius 1 is 0.605 bits per heavy atom. The van der Waals surface area contributed by atoms with E-state index >= 15 is 0 Å². The van der Waals surface area contributed by atoms with E-state index in [1.54, 1.807) is 0 Å². The monoisotopic (exact) mass is 580 g/mol. The summed E-state index contributed by atoms with van der Waals surface area (Å²) in [7, 11) is 0. The first kappa shape index (κ1) is 30.2. The highest BCUT2D eigenvalue weighted by atomic mass is 16.6. The predicted octanol–water partition coefficient (Wildman–Crippen LogP) is 6.33. The Morgan fingerprint density at radius 3 is 1.49 bits per heavy atom. The minimum Gasteiger partial charge on any atom is -0.486 e. The fourth-order valence-electron chi connectivity index (χ4n) is 4.94. The van der Waals surface area contributed by atoms with Crippen LogP contribution >= 0.6 is 0 Å². The number of carboxylic acid groups (broad SMARTS) is 1. The highest BCUT2D eigenvalue weighted by Crippen LogP contribution is 2.33. The van der Waals surface area contributed by atoms with Gasteiger partial charge in [-0.05, 0) is 22.3 Å². The number of aliphatic carboxylic acids is 1. The van der Waals surface area contributed by atoms with E-state index < -0.39 is 30.4 Å². The molecule has 4 atom stereocenters. The van der Waals surface area contributed by atoms with Gasteiger partial charge in [-0.25, -0.2) is 4.79 Å². The molecule has 1 aliphatic heterocycles. The number of carbonyl (C=O) groups is 1. The van der Waals surface area contributed by atoms with E-state index in [0.29, 0.717) is 13.2 Å². The van der Waals surface area contributed by atoms with Crippen molar-refractivity contribution < 1.29 is 33.6 Å². The van der Waals surface area contributed by atoms with Crippen molar-refractivity contribution in [2.45, 2.75) is 50.8 Å². The molecule has 1 aliphatic rings. The molecule has 0 bridgehead atoms. The van der Waals surface area contributed by atoms with E-state index in [-0.39, 0.29) is 25.6 Å². The van der Waals surface area contributed by atoms with Crippen LogP contribution in [0.1, 0.15) is 22.3 Å². The zero-order chi connectivity index (χ0) is 29.7. The highest BCUT2D eigenvalue weighted by Gasteiger charge is 2.47. The van der Waals surface area contributed by atoms with Gasteiger partial charge in [0, 0.05) is 0 Å². The zero-order valence-electron chi connectivity index (χ0n) is 23.9. The normalized spacial score (nSPS) is 20.9. The van der Waals surface area contributed by atoms with Crippen molar-refractivity contribution in [2.24, 2.45) is 0 Å². The Labute approximate surface area is 252 Å². The van der Waals surface area contributed by atoms with Gasteiger partial charge in [-0.3, -0.25) is 0 Å². The molecule has 4 aromatic rings. The van der Waals surface area contributed by atoms with Crippen molar-refractivity contribution in [3.05, 3.63) is 155 Å². The standard InChI is InChI=1S/C36H36O7/c37-33(38)21-31-34(40-23-28-15-7-2-8-16-28)36(42-25-30-19-11-4-12-20-30)35(41-24-29-17-9-3-10-18-29)32(43-31)26-39-22-27-13-5-1-6-14-27/h1-21,32,34-36H,22-26H2,(H,37,38)/b31-21+/t32-,34-,35-,36-/m1/s1. The summed E-state index contributed by atoms with van der Waals surface area (Å²) < 4.78 is 31.9. The molecule has 7 nitrogen and oxygen atoms in total. The Kier molecular flexibility index (Phi) is 11.1. The first-order valence-electron chi connectivity index (χ1n) is 14.3. The third-order valence-corrected chi connectivity index (χ3v) is 7.06. The smallest absolute Gasteiger partial charge is 0.331 e. The molecule has 0 aromatic heterocycles. The maximum atomic E-state index is 12.0. The molecule has 43 heavy (non-hydrogen) atoms. The number of ether oxygens (including phenoxy) is 5. The molecule has 0 amide bonds. The van der Waals surface area contributed by atoms with Crippen LogP contribution in [0.4, 0.5) is 0 Å². The van der Waals surface area contributed by atoms with Gasteiger partial charge < -0.3 is 28.8 Å². The molecular weight excluding hydrogens is 544 g/mol. The molecule has 1 saturated heterocycles. The van der Waals surface area contributed by atoms with Crippen molar-refractivity contribution in [3.63, 3.8) is 0 Å². The van der Waals surface area contributed by atoms with Crippen LogP contribution in [0.3, 0.4) is 0 Å². The van der Waals surface area contributed by atoms with Crippen molar-refractivity contribution >= 4 is 5.97 Å². The van der Waals surface area contributed by atoms with Crippen molar-refractivity contribution in [3.8, 4) is 0 Å². The lowest BCUT2D eigenvalue weighted by Crippen LogP contribution is -2.56. The summed E-state index contributed by atoms with van der Waals surface area (Å²) in [6, 6.07) is 39.2. The fourth-order valence-corrected chi connectivity index (χ4v) is 4.94. The van der Waals surface area contributed by atoms with Gasteiger partial charge in [0.05, 0.1) is 39.1 Å². The van der Waals surface area contributed by atoms with E-state index in [1.807, 2.05) is 121 Å². The van der Waals surface area contributed by atoms with Crippen LogP contribution in [0.25, 0.3) is 0 Å². The second kappa shape index (κ2) is 15.8. The lowest BCUT2D eigenvalue weighted by atomic mass is 9.96. The predicted molar refractivity (Wildman–Crippen MR) is 162 cm³/mol. The second-order valence-corrected chi connectivity index (χ2v) is 10.3. The van der Waals surface area contributed by atoms with Crippen LogP contribution in [0.5, 0.6) is 0 Å². The van der Waals surface area contributed by atoms with E-state index in [4.69, 9.17) is 23.7 Å². The van der Waals surface area contributed by atoms with E-state index in [9.17, 15) is 9.90 Å². The summed E-state index contributed by atoms with van der Waals surface area (Å²) in [4.78, 5) is 12.0. The maximum absolute atomic E-state index is 12.0. The van der Waals surface area contributed by atoms with E-state index in [0.717, 1.165) is 28.3 Å². The molecule has 0 radical (unpaired) electrons. The van der Waals surface area contributed by atoms with Crippen LogP contribution < -0.4 is 0 Å². The van der Waals surface area contributed by atoms with E-state index in [1.165, 1.54) is 0 Å². The Bertz CT molecular complexity index is 1410. The molecule has 1 heterocycles. The van der Waals surface area contributed by atoms with Gasteiger partial charge >= 0.3 is 5.97 Å². The second-order valence-electron chi connectivity index (χ2n) is 10.3. The van der Waals surface area contributed by atoms with Crippen LogP contribution in [-0.2, 0) is 54.9 Å². The summed E-state index contributed by atoms with van der Waals surface area (Å²) in [6.45, 7) is 1.34. The summed E-state index contributed by atoms with van der Waals surface area (Å²) in [5.41, 5.74) is 3.91. The molecule has 222 valence electrons. The third-order valence-electron chi connectivity index (χ3n) is 7.06. The van der Waals surface area contributed by atoms with Crippen LogP contribution in [0.2, 0.25) is 0 Å². The number of hydrogen-bond donors (Lipinski definition) is 1. The lowest BCUT2D eigenvalue weighted by molar-refractivity contribution is -0.223. The number of benzene rings is 4. The Morgan fingerprint density at radius 2 is 1.02 bits per heavy atom. The maximum Gasteiger partial charge on any atom is 0.331 e. The summed E-state index contributed by atoms with van der Waals surface area (Å²) >= 11 is 0. The fraction of sp³-hybridized carbons (Fsp3) is 0.250. The number of hydrogen-bond acceptors (Lipinski definition) is 6. The largest absolute Gasteiger partial charge is 0.486 e. The van der Waals surface area contributed by atoms with Gasteiger partial charge in [0.1, 0.15) is 24.1 Å². The summed E-state index contributed by atoms with van der Waals surface area (Å²) in [5, 5.41) is 9.78. The topological polar surface area (TPSA) is 83.5 Å². The molecule has 5 rings (SSSR count). The highest BCUT2D eigenvalue weighted by molar-refractivity contribution is 5.80. The van der Waals surface area contributed by atoms with Crippen molar-refractivity contribution in [1.29, 1.82) is 0 Å². The summed E-state index contributed by atoms with van der Waals surface area (Å²) in [6.07, 6.45) is -1.78. The van der Waals surface area contributed by atoms with Gasteiger partial charge in [-0.1, -0.05) is 121 Å². The molecule has 7 heteroatoms. The minimum atomic E-state index is -1.14. The quantitative estimate of drug-likeness (QED) is 0.175. The molecular formula is C36H36O7. The number of carboxylic acids is 1. The molecule has 4 aromatic carbocycles. The zero-order valence-corrected chi connectivity index (χ0v) is 23.9. The average Bonchev–Trinajstić information content (AvgIpc) is 3.04. The van der Waals surface area contributed by atoms with Crippen LogP contribution in [0.15, 0.2) is 133 Å². The first-order valence-corrected chi connectivity index (χ1v) is 14.3. The van der Waals surface area contributed by atoms with Crippen molar-refractivity contribution in [2.75, 3.05) is 6.61 Å². The first-order chi connectivity index (χ1) is 21.2. The summed E-state index contributed by atoms with van der Waals surface area (Å²) in [5.74, 6) is -0.980. The Balaban J connectivity index is 1.44. The molecule has 0 aliphatic carbocycles. The molecule has 0 unspecified atom stereocenters. The molecule has 1 fully saturated rings. The van der Waals surface area contributed by atoms with Gasteiger partial charge in [0.25, 0.3) is 0 Å². The van der Waals surface area contributed by atoms with Crippen LogP contribution in [-0.4, -0.2) is 42.1 Å². The van der Waals surface area contributed by atoms with Gasteiger partial charge in [-0.2, -0.15) is 0 Å². The van der Waals surface area contributed by atoms with Gasteiger partial charge in [-0.15, -0.1) is 0 Å². The van der Waals surface area contributed by atoms with Gasteiger partial charge in [0.2, 0.25) is 0 Å². The molecule has 0 saturated carbocycles. The Hall–Kier alpha value is -4.27. The average molecular weight is 581 g/mol. The van der Waals surface area contributed by atoms with Crippen LogP contribution in [0, 0.1) is 0 Å². The number of rotatable bonds is 14. The molecule has 1 N–H and O–H groups in total. The van der Waals surface area contributed by atoms with E-state index in [2.05, 4.69) is 0 Å². The third kappa shape index (κ3) is 9.11.